The summed E-state index contributed by atoms with van der Waals surface area (Å²) in [6.07, 6.45) is 39.5. The Morgan fingerprint density at radius 2 is 1.05 bits per heavy atom. The second-order valence-electron chi connectivity index (χ2n) is 16.1. The van der Waals surface area contributed by atoms with E-state index in [0.717, 1.165) is 57.3 Å². The summed E-state index contributed by atoms with van der Waals surface area (Å²) in [6, 6.07) is 0. The molecule has 0 rings (SSSR count). The molecule has 5 atom stereocenters. The standard InChI is InChI=1S/C47H84O14P2/c1-4-6-7-8-9-10-11-14-18-21-24-27-30-34-43(48)35-32-37-46(50)57-40-45(41-60-63(55,56)59-39-44(49)38-58-62(52,53)54)61-47(51)36-31-28-25-22-19-16-13-12-15-17-20-23-26-29-33-42(3)5-2/h6-7,9-10,14,18,24,27,30,34,42-45,48-49H,4-5,8,11-13,15-17,19-23,25-26,28-29,31-33,35-41H2,1-3H3,(H,55,56)(H2,52,53,54)/b7-6-,10-9-,18-14-,27-24-,34-30+/t42?,43?,44-,45+/m0/s1. The van der Waals surface area contributed by atoms with E-state index in [1.807, 2.05) is 12.2 Å². The van der Waals surface area contributed by atoms with Gasteiger partial charge in [0, 0.05) is 12.8 Å². The molecule has 5 N–H and O–H groups in total. The zero-order valence-electron chi connectivity index (χ0n) is 38.7. The van der Waals surface area contributed by atoms with Crippen LogP contribution < -0.4 is 0 Å². The molecule has 366 valence electrons. The van der Waals surface area contributed by atoms with Gasteiger partial charge in [-0.1, -0.05) is 178 Å². The third kappa shape index (κ3) is 44.8. The van der Waals surface area contributed by atoms with Gasteiger partial charge in [-0.25, -0.2) is 9.13 Å². The normalized spacial score (nSPS) is 15.5. The molecule has 16 heteroatoms. The van der Waals surface area contributed by atoms with Crippen molar-refractivity contribution < 1.29 is 66.7 Å². The number of phosphoric acid groups is 2. The van der Waals surface area contributed by atoms with E-state index in [9.17, 15) is 33.8 Å². The van der Waals surface area contributed by atoms with Crippen LogP contribution in [0.4, 0.5) is 0 Å². The van der Waals surface area contributed by atoms with E-state index < -0.39 is 72.3 Å². The topological polar surface area (TPSA) is 216 Å². The first-order chi connectivity index (χ1) is 30.2. The van der Waals surface area contributed by atoms with Gasteiger partial charge in [0.1, 0.15) is 12.7 Å². The maximum atomic E-state index is 12.7. The number of hydrogen-bond acceptors (Lipinski definition) is 11. The van der Waals surface area contributed by atoms with Crippen LogP contribution in [0.1, 0.15) is 175 Å². The van der Waals surface area contributed by atoms with Crippen molar-refractivity contribution in [1.82, 2.24) is 0 Å². The number of carbonyl (C=O) groups is 2. The molecule has 0 aliphatic carbocycles. The molecule has 0 saturated heterocycles. The average Bonchev–Trinajstić information content (AvgIpc) is 3.24. The van der Waals surface area contributed by atoms with E-state index in [2.05, 4.69) is 66.3 Å². The Morgan fingerprint density at radius 3 is 1.60 bits per heavy atom. The van der Waals surface area contributed by atoms with Crippen LogP contribution in [0.25, 0.3) is 0 Å². The van der Waals surface area contributed by atoms with Crippen LogP contribution in [-0.4, -0.2) is 81.6 Å². The second kappa shape index (κ2) is 41.2. The molecule has 0 aromatic carbocycles. The zero-order valence-corrected chi connectivity index (χ0v) is 40.5. The lowest BCUT2D eigenvalue weighted by Gasteiger charge is -2.20. The van der Waals surface area contributed by atoms with Crippen LogP contribution in [0.2, 0.25) is 0 Å². The van der Waals surface area contributed by atoms with Gasteiger partial charge in [-0.15, -0.1) is 0 Å². The molecule has 0 saturated carbocycles. The van der Waals surface area contributed by atoms with Crippen molar-refractivity contribution in [3.63, 3.8) is 0 Å². The number of ether oxygens (including phenoxy) is 2. The van der Waals surface area contributed by atoms with Crippen molar-refractivity contribution >= 4 is 27.6 Å². The van der Waals surface area contributed by atoms with E-state index in [0.29, 0.717) is 19.3 Å². The molecule has 63 heavy (non-hydrogen) atoms. The fourth-order valence-corrected chi connectivity index (χ4v) is 7.27. The molecule has 0 heterocycles. The van der Waals surface area contributed by atoms with Gasteiger partial charge >= 0.3 is 27.6 Å². The van der Waals surface area contributed by atoms with E-state index in [4.69, 9.17) is 23.8 Å². The molecule has 0 bridgehead atoms. The molecule has 0 aliphatic heterocycles. The summed E-state index contributed by atoms with van der Waals surface area (Å²) in [7, 11) is -9.74. The van der Waals surface area contributed by atoms with E-state index in [-0.39, 0.29) is 12.8 Å². The van der Waals surface area contributed by atoms with Gasteiger partial charge in [0.05, 0.1) is 25.9 Å². The lowest BCUT2D eigenvalue weighted by atomic mass is 9.99. The third-order valence-corrected chi connectivity index (χ3v) is 11.5. The molecule has 0 spiro atoms. The molecule has 3 unspecified atom stereocenters. The van der Waals surface area contributed by atoms with Crippen molar-refractivity contribution in [3.8, 4) is 0 Å². The highest BCUT2D eigenvalue weighted by Crippen LogP contribution is 2.43. The zero-order chi connectivity index (χ0) is 46.9. The Morgan fingerprint density at radius 1 is 0.556 bits per heavy atom. The third-order valence-electron chi connectivity index (χ3n) is 10.1. The highest BCUT2D eigenvalue weighted by atomic mass is 31.2. The number of aliphatic hydroxyl groups excluding tert-OH is 2. The number of phosphoric ester groups is 2. The Balaban J connectivity index is 4.64. The summed E-state index contributed by atoms with van der Waals surface area (Å²) in [5, 5.41) is 20.0. The van der Waals surface area contributed by atoms with E-state index in [1.54, 1.807) is 12.2 Å². The largest absolute Gasteiger partial charge is 0.472 e. The molecular formula is C47H84O14P2. The van der Waals surface area contributed by atoms with Crippen LogP contribution >= 0.6 is 15.6 Å². The summed E-state index contributed by atoms with van der Waals surface area (Å²) in [6.45, 7) is 3.80. The highest BCUT2D eigenvalue weighted by Gasteiger charge is 2.28. The summed E-state index contributed by atoms with van der Waals surface area (Å²) in [5.74, 6) is -0.384. The molecule has 14 nitrogen and oxygen atoms in total. The SMILES string of the molecule is CC/C=C\C/C=C\C/C=C\C/C=C\C=C\C(O)CCCC(=O)OC[C@H](COP(=O)(O)OC[C@@H](O)COP(=O)(O)O)OC(=O)CCCCCCCCCCCCCCCCC(C)CC. The molecule has 0 aromatic heterocycles. The number of unbranched alkanes of at least 4 members (excludes halogenated alkanes) is 13. The summed E-state index contributed by atoms with van der Waals surface area (Å²) in [5.41, 5.74) is 0. The van der Waals surface area contributed by atoms with Crippen molar-refractivity contribution in [3.05, 3.63) is 60.8 Å². The summed E-state index contributed by atoms with van der Waals surface area (Å²) < 4.78 is 47.7. The quantitative estimate of drug-likeness (QED) is 0.0126. The predicted molar refractivity (Wildman–Crippen MR) is 250 cm³/mol. The van der Waals surface area contributed by atoms with Crippen LogP contribution in [-0.2, 0) is 41.8 Å². The van der Waals surface area contributed by atoms with Gasteiger partial charge in [-0.3, -0.25) is 23.2 Å². The Bertz CT molecular complexity index is 1380. The van der Waals surface area contributed by atoms with Gasteiger partial charge in [0.25, 0.3) is 0 Å². The Labute approximate surface area is 379 Å². The van der Waals surface area contributed by atoms with Crippen LogP contribution in [0.3, 0.4) is 0 Å². The maximum absolute atomic E-state index is 12.7. The summed E-state index contributed by atoms with van der Waals surface area (Å²) >= 11 is 0. The van der Waals surface area contributed by atoms with Gasteiger partial charge in [-0.05, 0) is 50.9 Å². The molecule has 0 aromatic rings. The number of aliphatic hydroxyl groups is 2. The number of rotatable bonds is 43. The number of esters is 2. The minimum atomic E-state index is -4.89. The molecule has 0 aliphatic rings. The maximum Gasteiger partial charge on any atom is 0.472 e. The average molecular weight is 935 g/mol. The van der Waals surface area contributed by atoms with Gasteiger partial charge < -0.3 is 34.4 Å². The number of allylic oxidation sites excluding steroid dienone is 9. The van der Waals surface area contributed by atoms with Crippen LogP contribution in [0.15, 0.2) is 60.8 Å². The second-order valence-corrected chi connectivity index (χ2v) is 18.8. The van der Waals surface area contributed by atoms with E-state index >= 15 is 0 Å². The van der Waals surface area contributed by atoms with E-state index in [1.165, 1.54) is 70.6 Å². The molecule has 0 amide bonds. The minimum Gasteiger partial charge on any atom is -0.462 e. The molecule has 0 fully saturated rings. The number of carbonyl (C=O) groups excluding carboxylic acids is 2. The van der Waals surface area contributed by atoms with Crippen molar-refractivity contribution in [1.29, 1.82) is 0 Å². The fraction of sp³-hybridized carbons (Fsp3) is 0.745. The van der Waals surface area contributed by atoms with Crippen molar-refractivity contribution in [2.75, 3.05) is 26.4 Å². The number of hydrogen-bond donors (Lipinski definition) is 5. The first kappa shape index (κ1) is 60.8. The lowest BCUT2D eigenvalue weighted by Crippen LogP contribution is -2.30. The Kier molecular flexibility index (Phi) is 39.8. The molecule has 0 radical (unpaired) electrons. The van der Waals surface area contributed by atoms with Gasteiger partial charge in [0.15, 0.2) is 6.10 Å². The van der Waals surface area contributed by atoms with Crippen LogP contribution in [0.5, 0.6) is 0 Å². The van der Waals surface area contributed by atoms with Crippen molar-refractivity contribution in [2.45, 2.75) is 193 Å². The minimum absolute atomic E-state index is 0.0364. The van der Waals surface area contributed by atoms with Gasteiger partial charge in [-0.2, -0.15) is 0 Å². The van der Waals surface area contributed by atoms with Crippen molar-refractivity contribution in [2.24, 2.45) is 5.92 Å². The van der Waals surface area contributed by atoms with Gasteiger partial charge in [0.2, 0.25) is 0 Å². The highest BCUT2D eigenvalue weighted by molar-refractivity contribution is 7.47. The summed E-state index contributed by atoms with van der Waals surface area (Å²) in [4.78, 5) is 52.8. The van der Waals surface area contributed by atoms with Crippen LogP contribution in [0, 0.1) is 5.92 Å². The predicted octanol–water partition coefficient (Wildman–Crippen LogP) is 11.2. The first-order valence-corrected chi connectivity index (χ1v) is 26.5. The Hall–Kier alpha value is -2.22. The molecular weight excluding hydrogens is 850 g/mol. The lowest BCUT2D eigenvalue weighted by molar-refractivity contribution is -0.161. The monoisotopic (exact) mass is 935 g/mol. The smallest absolute Gasteiger partial charge is 0.462 e. The first-order valence-electron chi connectivity index (χ1n) is 23.5. The fourth-order valence-electron chi connectivity index (χ4n) is 6.12.